The number of fused-ring (bicyclic) bond motifs is 2. The van der Waals surface area contributed by atoms with Crippen molar-refractivity contribution in [3.63, 3.8) is 0 Å². The molecule has 0 aromatic heterocycles. The normalized spacial score (nSPS) is 12.8. The largest absolute Gasteiger partial charge is 0.472 e. The third-order valence-electron chi connectivity index (χ3n) is 14.5. The van der Waals surface area contributed by atoms with Crippen LogP contribution in [-0.4, -0.2) is 93.6 Å². The first-order chi connectivity index (χ1) is 40.0. The van der Waals surface area contributed by atoms with E-state index in [1.807, 2.05) is 48.5 Å². The molecule has 2 aromatic rings. The Kier molecular flexibility index (Phi) is 41.5. The number of nitrogens with zero attached hydrogens (tertiary/aromatic N) is 1. The molecule has 3 amide bonds. The van der Waals surface area contributed by atoms with Crippen LogP contribution in [0.4, 0.5) is 10.5 Å². The zero-order chi connectivity index (χ0) is 59.0. The average Bonchev–Trinajstić information content (AvgIpc) is 3.57. The monoisotopic (exact) mass is 1170 g/mol. The summed E-state index contributed by atoms with van der Waals surface area (Å²) in [4.78, 5) is 76.0. The van der Waals surface area contributed by atoms with Gasteiger partial charge in [0.25, 0.3) is 0 Å². The number of carbonyl (C=O) groups excluding carboxylic acids is 5. The third kappa shape index (κ3) is 36.7. The van der Waals surface area contributed by atoms with E-state index in [1.165, 1.54) is 141 Å². The van der Waals surface area contributed by atoms with Gasteiger partial charge in [-0.25, -0.2) is 9.36 Å². The van der Waals surface area contributed by atoms with E-state index in [-0.39, 0.29) is 77.0 Å². The second-order valence-electron chi connectivity index (χ2n) is 21.7. The number of carbonyl (C=O) groups is 5. The molecule has 2 atom stereocenters. The van der Waals surface area contributed by atoms with Crippen LogP contribution in [0.1, 0.15) is 249 Å². The van der Waals surface area contributed by atoms with Crippen molar-refractivity contribution in [3.05, 3.63) is 65.2 Å². The molecule has 1 unspecified atom stereocenters. The van der Waals surface area contributed by atoms with Crippen LogP contribution in [0.25, 0.3) is 0 Å². The smallest absolute Gasteiger partial charge is 0.462 e. The van der Waals surface area contributed by atoms with E-state index >= 15 is 0 Å². The fourth-order valence-corrected chi connectivity index (χ4v) is 10.4. The SMILES string of the molecule is CCCCCCCCCCCCCCCCCC(=O)OC[C@H](COP(=O)(O)OCCNC(=O)OCCOCCNC(=O)CCC(=O)N1Cc2ccccc2C#Cc2ccccc21)OC(=O)CCCCCCCCCCCCCCCCC. The average molecular weight is 1170 g/mol. The Labute approximate surface area is 493 Å². The summed E-state index contributed by atoms with van der Waals surface area (Å²) in [7, 11) is -4.68. The molecule has 2 aromatic carbocycles. The molecule has 16 nitrogen and oxygen atoms in total. The number of esters is 2. The summed E-state index contributed by atoms with van der Waals surface area (Å²) in [5.74, 6) is 4.92. The van der Waals surface area contributed by atoms with Crippen molar-refractivity contribution in [2.75, 3.05) is 57.6 Å². The fourth-order valence-electron chi connectivity index (χ4n) is 9.69. The van der Waals surface area contributed by atoms with Gasteiger partial charge < -0.3 is 39.4 Å². The minimum Gasteiger partial charge on any atom is -0.462 e. The van der Waals surface area contributed by atoms with Gasteiger partial charge in [-0.3, -0.25) is 28.2 Å². The number of hydrogen-bond donors (Lipinski definition) is 3. The molecule has 17 heteroatoms. The predicted octanol–water partition coefficient (Wildman–Crippen LogP) is 14.7. The van der Waals surface area contributed by atoms with E-state index in [9.17, 15) is 33.4 Å². The van der Waals surface area contributed by atoms with E-state index in [2.05, 4.69) is 36.3 Å². The summed E-state index contributed by atoms with van der Waals surface area (Å²) >= 11 is 0. The van der Waals surface area contributed by atoms with E-state index in [0.29, 0.717) is 25.1 Å². The fraction of sp³-hybridized carbons (Fsp3) is 0.708. The van der Waals surface area contributed by atoms with Crippen LogP contribution in [0.5, 0.6) is 0 Å². The Hall–Kier alpha value is -4.78. The molecule has 1 aliphatic heterocycles. The minimum absolute atomic E-state index is 0.00298. The molecule has 0 aliphatic carbocycles. The number of benzene rings is 2. The molecule has 0 saturated carbocycles. The Balaban J connectivity index is 1.27. The molecule has 0 bridgehead atoms. The first-order valence-electron chi connectivity index (χ1n) is 31.7. The van der Waals surface area contributed by atoms with Crippen molar-refractivity contribution >= 4 is 43.4 Å². The number of hydrogen-bond acceptors (Lipinski definition) is 12. The highest BCUT2D eigenvalue weighted by molar-refractivity contribution is 7.47. The van der Waals surface area contributed by atoms with Crippen LogP contribution in [0, 0.1) is 11.8 Å². The topological polar surface area (TPSA) is 205 Å². The van der Waals surface area contributed by atoms with Gasteiger partial charge in [-0.2, -0.15) is 0 Å². The molecule has 0 radical (unpaired) electrons. The van der Waals surface area contributed by atoms with Gasteiger partial charge in [-0.15, -0.1) is 0 Å². The number of amides is 3. The molecule has 82 heavy (non-hydrogen) atoms. The maximum absolute atomic E-state index is 13.4. The maximum atomic E-state index is 13.4. The first-order valence-corrected chi connectivity index (χ1v) is 33.2. The Bertz CT molecular complexity index is 2160. The standard InChI is InChI=1S/C65H104N3O13P/c1-3-5-7-9-11-13-15-17-19-21-23-25-27-29-31-41-63(71)78-54-59(81-64(72)42-32-30-28-26-24-22-20-18-16-14-12-10-8-6-4-2)55-80-82(74,75)79-50-48-67-65(73)77-52-51-76-49-47-66-61(69)45-46-62(70)68-53-58-39-34-33-37-56(58)43-44-57-38-35-36-40-60(57)68/h33-40,59H,3-32,41-42,45-55H2,1-2H3,(H,66,69)(H,67,73)(H,74,75)/t59-/m1/s1. The molecule has 462 valence electrons. The number of phosphoric acid groups is 1. The van der Waals surface area contributed by atoms with Gasteiger partial charge in [-0.1, -0.05) is 236 Å². The van der Waals surface area contributed by atoms with Crippen LogP contribution in [0.15, 0.2) is 48.5 Å². The number of nitrogens with one attached hydrogen (secondary N) is 2. The van der Waals surface area contributed by atoms with Gasteiger partial charge in [0.15, 0.2) is 6.10 Å². The van der Waals surface area contributed by atoms with E-state index in [1.54, 1.807) is 4.90 Å². The molecule has 3 rings (SSSR count). The van der Waals surface area contributed by atoms with Crippen LogP contribution >= 0.6 is 7.82 Å². The van der Waals surface area contributed by atoms with Gasteiger partial charge in [0, 0.05) is 49.9 Å². The highest BCUT2D eigenvalue weighted by atomic mass is 31.2. The quantitative estimate of drug-likeness (QED) is 0.0186. The van der Waals surface area contributed by atoms with Crippen molar-refractivity contribution in [1.82, 2.24) is 10.6 Å². The van der Waals surface area contributed by atoms with E-state index < -0.39 is 45.2 Å². The van der Waals surface area contributed by atoms with Crippen LogP contribution in [0.3, 0.4) is 0 Å². The predicted molar refractivity (Wildman–Crippen MR) is 324 cm³/mol. The van der Waals surface area contributed by atoms with Crippen molar-refractivity contribution in [2.24, 2.45) is 0 Å². The van der Waals surface area contributed by atoms with Gasteiger partial charge in [-0.05, 0) is 36.6 Å². The highest BCUT2D eigenvalue weighted by Crippen LogP contribution is 2.43. The summed E-state index contributed by atoms with van der Waals surface area (Å²) in [6.07, 6.45) is 34.7. The molecule has 0 fully saturated rings. The lowest BCUT2D eigenvalue weighted by molar-refractivity contribution is -0.161. The molecule has 1 aliphatic rings. The van der Waals surface area contributed by atoms with Gasteiger partial charge in [0.2, 0.25) is 11.8 Å². The van der Waals surface area contributed by atoms with E-state index in [4.69, 9.17) is 28.0 Å². The van der Waals surface area contributed by atoms with Crippen molar-refractivity contribution in [2.45, 2.75) is 245 Å². The highest BCUT2D eigenvalue weighted by Gasteiger charge is 2.27. The number of unbranched alkanes of at least 4 members (excludes halogenated alkanes) is 28. The first kappa shape index (κ1) is 71.5. The number of phosphoric ester groups is 1. The number of rotatable bonds is 51. The number of para-hydroxylation sites is 1. The molecular weight excluding hydrogens is 1060 g/mol. The molecule has 3 N–H and O–H groups in total. The lowest BCUT2D eigenvalue weighted by Gasteiger charge is -2.26. The molecule has 0 saturated heterocycles. The molecular formula is C65H104N3O13P. The van der Waals surface area contributed by atoms with Crippen LogP contribution < -0.4 is 15.5 Å². The van der Waals surface area contributed by atoms with Crippen LogP contribution in [0.2, 0.25) is 0 Å². The third-order valence-corrected chi connectivity index (χ3v) is 15.5. The Morgan fingerprint density at radius 3 is 1.59 bits per heavy atom. The summed E-state index contributed by atoms with van der Waals surface area (Å²) in [6.45, 7) is 3.61. The summed E-state index contributed by atoms with van der Waals surface area (Å²) < 4.78 is 44.6. The zero-order valence-corrected chi connectivity index (χ0v) is 51.2. The van der Waals surface area contributed by atoms with Crippen LogP contribution in [-0.2, 0) is 58.3 Å². The maximum Gasteiger partial charge on any atom is 0.472 e. The number of alkyl carbamates (subject to hydrolysis) is 1. The number of ether oxygens (including phenoxy) is 4. The zero-order valence-electron chi connectivity index (χ0n) is 50.3. The second-order valence-corrected chi connectivity index (χ2v) is 23.2. The van der Waals surface area contributed by atoms with Gasteiger partial charge in [0.1, 0.15) is 13.2 Å². The summed E-state index contributed by atoms with van der Waals surface area (Å²) in [5, 5.41) is 5.15. The minimum atomic E-state index is -4.68. The molecule has 1 heterocycles. The Morgan fingerprint density at radius 2 is 1.01 bits per heavy atom. The van der Waals surface area contributed by atoms with Crippen molar-refractivity contribution in [3.8, 4) is 11.8 Å². The van der Waals surface area contributed by atoms with Crippen molar-refractivity contribution in [1.29, 1.82) is 0 Å². The Morgan fingerprint density at radius 1 is 0.524 bits per heavy atom. The van der Waals surface area contributed by atoms with E-state index in [0.717, 1.165) is 55.2 Å². The lowest BCUT2D eigenvalue weighted by atomic mass is 10.0. The molecule has 0 spiro atoms. The number of anilines is 1. The lowest BCUT2D eigenvalue weighted by Crippen LogP contribution is -2.34. The van der Waals surface area contributed by atoms with Gasteiger partial charge >= 0.3 is 25.9 Å². The second kappa shape index (κ2) is 47.6. The van der Waals surface area contributed by atoms with Gasteiger partial charge in [0.05, 0.1) is 38.7 Å². The summed E-state index contributed by atoms with van der Waals surface area (Å²) in [5.41, 5.74) is 3.22. The summed E-state index contributed by atoms with van der Waals surface area (Å²) in [6, 6.07) is 15.1. The van der Waals surface area contributed by atoms with Crippen molar-refractivity contribution < 1.29 is 61.4 Å².